The van der Waals surface area contributed by atoms with Gasteiger partial charge in [0.05, 0.1) is 12.2 Å². The van der Waals surface area contributed by atoms with Crippen molar-refractivity contribution in [3.8, 4) is 0 Å². The molecule has 2 heterocycles. The van der Waals surface area contributed by atoms with Crippen molar-refractivity contribution in [1.29, 1.82) is 0 Å². The van der Waals surface area contributed by atoms with Gasteiger partial charge in [0.25, 0.3) is 5.91 Å². The number of carbonyl (C=O) groups excluding carboxylic acids is 1. The number of pyridine rings is 1. The number of hydrogen-bond donors (Lipinski definition) is 1. The summed E-state index contributed by atoms with van der Waals surface area (Å²) in [5.41, 5.74) is 1.10. The summed E-state index contributed by atoms with van der Waals surface area (Å²) in [6.45, 7) is 7.36. The molecule has 0 unspecified atom stereocenters. The van der Waals surface area contributed by atoms with Gasteiger partial charge in [-0.15, -0.1) is 0 Å². The van der Waals surface area contributed by atoms with E-state index in [0.29, 0.717) is 24.2 Å². The lowest BCUT2D eigenvalue weighted by atomic mass is 10.00. The third-order valence-electron chi connectivity index (χ3n) is 3.89. The second-order valence-electron chi connectivity index (χ2n) is 5.19. The SMILES string of the molecule is CCN(CC)CN1CCC/C(=C(\O)c2cccnc2)C1=O. The van der Waals surface area contributed by atoms with E-state index >= 15 is 0 Å². The van der Waals surface area contributed by atoms with Gasteiger partial charge in [-0.1, -0.05) is 13.8 Å². The fraction of sp³-hybridized carbons (Fsp3) is 0.500. The monoisotopic (exact) mass is 289 g/mol. The van der Waals surface area contributed by atoms with E-state index < -0.39 is 0 Å². The number of amides is 1. The number of aromatic nitrogens is 1. The second kappa shape index (κ2) is 7.22. The Kier molecular flexibility index (Phi) is 5.33. The van der Waals surface area contributed by atoms with Gasteiger partial charge < -0.3 is 10.0 Å². The van der Waals surface area contributed by atoms with Gasteiger partial charge in [-0.3, -0.25) is 14.7 Å². The zero-order valence-corrected chi connectivity index (χ0v) is 12.7. The van der Waals surface area contributed by atoms with Crippen LogP contribution in [-0.2, 0) is 4.79 Å². The Morgan fingerprint density at radius 3 is 2.81 bits per heavy atom. The first kappa shape index (κ1) is 15.5. The molecule has 5 heteroatoms. The minimum Gasteiger partial charge on any atom is -0.507 e. The molecule has 0 saturated carbocycles. The van der Waals surface area contributed by atoms with Crippen molar-refractivity contribution >= 4 is 11.7 Å². The molecule has 1 amide bonds. The fourth-order valence-corrected chi connectivity index (χ4v) is 2.54. The van der Waals surface area contributed by atoms with Crippen molar-refractivity contribution in [3.63, 3.8) is 0 Å². The van der Waals surface area contributed by atoms with Crippen LogP contribution >= 0.6 is 0 Å². The molecule has 0 atom stereocenters. The predicted molar refractivity (Wildman–Crippen MR) is 82.5 cm³/mol. The lowest BCUT2D eigenvalue weighted by molar-refractivity contribution is -0.130. The largest absolute Gasteiger partial charge is 0.507 e. The third kappa shape index (κ3) is 3.61. The smallest absolute Gasteiger partial charge is 0.254 e. The molecular formula is C16H23N3O2. The Morgan fingerprint density at radius 2 is 2.19 bits per heavy atom. The van der Waals surface area contributed by atoms with Crippen LogP contribution in [0.15, 0.2) is 30.1 Å². The first-order valence-corrected chi connectivity index (χ1v) is 7.51. The Balaban J connectivity index is 2.19. The van der Waals surface area contributed by atoms with Crippen molar-refractivity contribution in [3.05, 3.63) is 35.7 Å². The first-order valence-electron chi connectivity index (χ1n) is 7.51. The molecular weight excluding hydrogens is 266 g/mol. The number of nitrogens with zero attached hydrogens (tertiary/aromatic N) is 3. The normalized spacial score (nSPS) is 18.2. The van der Waals surface area contributed by atoms with Gasteiger partial charge in [-0.2, -0.15) is 0 Å². The number of carbonyl (C=O) groups is 1. The summed E-state index contributed by atoms with van der Waals surface area (Å²) in [4.78, 5) is 20.6. The number of rotatable bonds is 5. The average Bonchev–Trinajstić information content (AvgIpc) is 2.54. The van der Waals surface area contributed by atoms with Crippen molar-refractivity contribution in [2.45, 2.75) is 26.7 Å². The van der Waals surface area contributed by atoms with Crippen molar-refractivity contribution < 1.29 is 9.90 Å². The zero-order chi connectivity index (χ0) is 15.2. The van der Waals surface area contributed by atoms with E-state index in [1.54, 1.807) is 24.5 Å². The highest BCUT2D eigenvalue weighted by Gasteiger charge is 2.27. The lowest BCUT2D eigenvalue weighted by Crippen LogP contribution is -2.44. The van der Waals surface area contributed by atoms with Crippen molar-refractivity contribution in [2.24, 2.45) is 0 Å². The van der Waals surface area contributed by atoms with E-state index in [4.69, 9.17) is 0 Å². The van der Waals surface area contributed by atoms with Gasteiger partial charge in [0.15, 0.2) is 0 Å². The molecule has 5 nitrogen and oxygen atoms in total. The number of piperidine rings is 1. The van der Waals surface area contributed by atoms with Gasteiger partial charge in [-0.05, 0) is 38.1 Å². The van der Waals surface area contributed by atoms with Gasteiger partial charge in [-0.25, -0.2) is 0 Å². The van der Waals surface area contributed by atoms with E-state index in [1.807, 2.05) is 4.90 Å². The number of aliphatic hydroxyl groups is 1. The van der Waals surface area contributed by atoms with Crippen LogP contribution in [-0.4, -0.2) is 52.1 Å². The number of aliphatic hydroxyl groups excluding tert-OH is 1. The van der Waals surface area contributed by atoms with Crippen LogP contribution < -0.4 is 0 Å². The molecule has 0 spiro atoms. The summed E-state index contributed by atoms with van der Waals surface area (Å²) in [5.74, 6) is 0.00634. The van der Waals surface area contributed by atoms with Gasteiger partial charge in [0.2, 0.25) is 0 Å². The van der Waals surface area contributed by atoms with Crippen molar-refractivity contribution in [1.82, 2.24) is 14.8 Å². The predicted octanol–water partition coefficient (Wildman–Crippen LogP) is 2.27. The summed E-state index contributed by atoms with van der Waals surface area (Å²) in [6, 6.07) is 3.53. The highest BCUT2D eigenvalue weighted by molar-refractivity contribution is 6.00. The summed E-state index contributed by atoms with van der Waals surface area (Å²) >= 11 is 0. The lowest BCUT2D eigenvalue weighted by Gasteiger charge is -2.33. The Labute approximate surface area is 125 Å². The third-order valence-corrected chi connectivity index (χ3v) is 3.89. The summed E-state index contributed by atoms with van der Waals surface area (Å²) in [7, 11) is 0. The van der Waals surface area contributed by atoms with Gasteiger partial charge >= 0.3 is 0 Å². The van der Waals surface area contributed by atoms with Crippen LogP contribution in [0, 0.1) is 0 Å². The quantitative estimate of drug-likeness (QED) is 0.667. The Hall–Kier alpha value is -1.88. The minimum atomic E-state index is -0.0606. The molecule has 1 aliphatic heterocycles. The van der Waals surface area contributed by atoms with Crippen molar-refractivity contribution in [2.75, 3.05) is 26.3 Å². The number of hydrogen-bond acceptors (Lipinski definition) is 4. The maximum absolute atomic E-state index is 12.6. The van der Waals surface area contributed by atoms with E-state index in [0.717, 1.165) is 26.1 Å². The maximum atomic E-state index is 12.6. The highest BCUT2D eigenvalue weighted by Crippen LogP contribution is 2.24. The molecule has 2 rings (SSSR count). The van der Waals surface area contributed by atoms with Gasteiger partial charge in [0, 0.05) is 24.5 Å². The van der Waals surface area contributed by atoms with Gasteiger partial charge in [0.1, 0.15) is 5.76 Å². The van der Waals surface area contributed by atoms with Crippen LogP contribution in [0.2, 0.25) is 0 Å². The van der Waals surface area contributed by atoms with Crippen LogP contribution in [0.3, 0.4) is 0 Å². The van der Waals surface area contributed by atoms with E-state index in [9.17, 15) is 9.90 Å². The van der Waals surface area contributed by atoms with E-state index in [-0.39, 0.29) is 11.7 Å². The Bertz CT molecular complexity index is 510. The van der Waals surface area contributed by atoms with Crippen LogP contribution in [0.5, 0.6) is 0 Å². The van der Waals surface area contributed by atoms with E-state index in [2.05, 4.69) is 23.7 Å². The molecule has 1 aromatic heterocycles. The topological polar surface area (TPSA) is 56.7 Å². The molecule has 1 fully saturated rings. The van der Waals surface area contributed by atoms with Crippen LogP contribution in [0.1, 0.15) is 32.3 Å². The standard InChI is InChI=1S/C16H23N3O2/c1-3-18(4-2)12-19-10-6-8-14(16(19)21)15(20)13-7-5-9-17-11-13/h5,7,9,11,20H,3-4,6,8,10,12H2,1-2H3/b15-14+. The molecule has 1 N–H and O–H groups in total. The average molecular weight is 289 g/mol. The molecule has 1 aromatic rings. The first-order chi connectivity index (χ1) is 10.2. The zero-order valence-electron chi connectivity index (χ0n) is 12.7. The minimum absolute atomic E-state index is 0.0606. The fourth-order valence-electron chi connectivity index (χ4n) is 2.54. The molecule has 114 valence electrons. The summed E-state index contributed by atoms with van der Waals surface area (Å²) in [5, 5.41) is 10.4. The molecule has 1 aliphatic rings. The summed E-state index contributed by atoms with van der Waals surface area (Å²) < 4.78 is 0. The van der Waals surface area contributed by atoms with E-state index in [1.165, 1.54) is 0 Å². The molecule has 0 aromatic carbocycles. The van der Waals surface area contributed by atoms with Crippen LogP contribution in [0.4, 0.5) is 0 Å². The molecule has 1 saturated heterocycles. The molecule has 0 aliphatic carbocycles. The Morgan fingerprint density at radius 1 is 1.43 bits per heavy atom. The molecule has 0 radical (unpaired) electrons. The second-order valence-corrected chi connectivity index (χ2v) is 5.19. The summed E-state index contributed by atoms with van der Waals surface area (Å²) in [6.07, 6.45) is 4.73. The molecule has 0 bridgehead atoms. The molecule has 21 heavy (non-hydrogen) atoms. The van der Waals surface area contributed by atoms with Crippen LogP contribution in [0.25, 0.3) is 5.76 Å². The number of likely N-dealkylation sites (tertiary alicyclic amines) is 1. The maximum Gasteiger partial charge on any atom is 0.254 e. The highest BCUT2D eigenvalue weighted by atomic mass is 16.3.